The summed E-state index contributed by atoms with van der Waals surface area (Å²) in [6, 6.07) is 72.3. The van der Waals surface area contributed by atoms with Gasteiger partial charge in [-0.05, 0) is 90.8 Å². The summed E-state index contributed by atoms with van der Waals surface area (Å²) in [5, 5.41) is 12.0. The molecular formula is C52H33NO. The lowest BCUT2D eigenvalue weighted by molar-refractivity contribution is 0.670. The van der Waals surface area contributed by atoms with Gasteiger partial charge >= 0.3 is 0 Å². The maximum atomic E-state index is 6.87. The standard InChI is InChI=1S/C52H33NO/c1-2-12-34(13-3-1)35-22-24-37(25-23-35)43-30-31-48(51-46-20-10-11-21-50(46)54-52(43)51)53(40-29-28-38-27-26-36-14-4-6-16-41(36)47(38)33-40)49-32-39-15-5-7-17-42(39)44-18-8-9-19-45(44)49/h1-33H. The maximum Gasteiger partial charge on any atom is 0.145 e. The van der Waals surface area contributed by atoms with Crippen molar-refractivity contribution in [3.05, 3.63) is 200 Å². The van der Waals surface area contributed by atoms with Crippen LogP contribution in [0.5, 0.6) is 0 Å². The van der Waals surface area contributed by atoms with Crippen LogP contribution in [0.15, 0.2) is 205 Å². The lowest BCUT2D eigenvalue weighted by Gasteiger charge is -2.29. The van der Waals surface area contributed by atoms with E-state index in [1.54, 1.807) is 0 Å². The van der Waals surface area contributed by atoms with Crippen molar-refractivity contribution in [3.63, 3.8) is 0 Å². The van der Waals surface area contributed by atoms with Crippen LogP contribution in [0.4, 0.5) is 17.1 Å². The molecule has 252 valence electrons. The Hall–Kier alpha value is -7.16. The first kappa shape index (κ1) is 30.5. The summed E-state index contributed by atoms with van der Waals surface area (Å²) in [5.74, 6) is 0. The van der Waals surface area contributed by atoms with Gasteiger partial charge in [0.2, 0.25) is 0 Å². The molecule has 0 bridgehead atoms. The summed E-state index contributed by atoms with van der Waals surface area (Å²) in [6.45, 7) is 0. The minimum Gasteiger partial charge on any atom is -0.455 e. The van der Waals surface area contributed by atoms with E-state index in [9.17, 15) is 0 Å². The first-order valence-electron chi connectivity index (χ1n) is 18.5. The first-order chi connectivity index (χ1) is 26.8. The van der Waals surface area contributed by atoms with Gasteiger partial charge in [0.1, 0.15) is 11.2 Å². The average molecular weight is 688 g/mol. The second kappa shape index (κ2) is 12.2. The highest BCUT2D eigenvalue weighted by atomic mass is 16.3. The van der Waals surface area contributed by atoms with Gasteiger partial charge in [0.25, 0.3) is 0 Å². The fourth-order valence-corrected chi connectivity index (χ4v) is 8.45. The molecule has 0 saturated carbocycles. The van der Waals surface area contributed by atoms with Crippen molar-refractivity contribution in [1.29, 1.82) is 0 Å². The predicted octanol–water partition coefficient (Wildman–Crippen LogP) is 15.0. The topological polar surface area (TPSA) is 16.4 Å². The maximum absolute atomic E-state index is 6.87. The number of hydrogen-bond donors (Lipinski definition) is 0. The van der Waals surface area contributed by atoms with Gasteiger partial charge < -0.3 is 9.32 Å². The van der Waals surface area contributed by atoms with Crippen LogP contribution in [0.1, 0.15) is 0 Å². The lowest BCUT2D eigenvalue weighted by atomic mass is 9.96. The van der Waals surface area contributed by atoms with E-state index in [0.717, 1.165) is 50.1 Å². The molecule has 10 aromatic carbocycles. The molecule has 0 amide bonds. The molecule has 11 rings (SSSR count). The Kier molecular flexibility index (Phi) is 6.90. The molecule has 0 spiro atoms. The van der Waals surface area contributed by atoms with Crippen LogP contribution in [0.2, 0.25) is 0 Å². The Morgan fingerprint density at radius 3 is 1.70 bits per heavy atom. The summed E-state index contributed by atoms with van der Waals surface area (Å²) < 4.78 is 6.87. The Bertz CT molecular complexity index is 3210. The normalized spacial score (nSPS) is 11.7. The number of para-hydroxylation sites is 1. The molecule has 0 radical (unpaired) electrons. The van der Waals surface area contributed by atoms with Gasteiger partial charge in [-0.1, -0.05) is 164 Å². The molecule has 0 unspecified atom stereocenters. The van der Waals surface area contributed by atoms with E-state index in [2.05, 4.69) is 205 Å². The van der Waals surface area contributed by atoms with E-state index in [0.29, 0.717) is 0 Å². The molecule has 2 nitrogen and oxygen atoms in total. The first-order valence-corrected chi connectivity index (χ1v) is 18.5. The van der Waals surface area contributed by atoms with Crippen LogP contribution in [-0.4, -0.2) is 0 Å². The number of benzene rings is 10. The van der Waals surface area contributed by atoms with Crippen LogP contribution in [0.25, 0.3) is 87.3 Å². The smallest absolute Gasteiger partial charge is 0.145 e. The molecule has 0 saturated heterocycles. The molecule has 54 heavy (non-hydrogen) atoms. The summed E-state index contributed by atoms with van der Waals surface area (Å²) in [5.41, 5.74) is 9.60. The van der Waals surface area contributed by atoms with Crippen molar-refractivity contribution in [3.8, 4) is 22.3 Å². The van der Waals surface area contributed by atoms with Crippen molar-refractivity contribution in [2.75, 3.05) is 4.90 Å². The fourth-order valence-electron chi connectivity index (χ4n) is 8.45. The van der Waals surface area contributed by atoms with Crippen molar-refractivity contribution in [2.45, 2.75) is 0 Å². The number of nitrogens with zero attached hydrogens (tertiary/aromatic N) is 1. The summed E-state index contributed by atoms with van der Waals surface area (Å²) in [4.78, 5) is 2.46. The fraction of sp³-hybridized carbons (Fsp3) is 0. The zero-order valence-corrected chi connectivity index (χ0v) is 29.4. The second-order valence-electron chi connectivity index (χ2n) is 14.1. The molecule has 0 atom stereocenters. The van der Waals surface area contributed by atoms with Crippen LogP contribution in [0.3, 0.4) is 0 Å². The minimum atomic E-state index is 0.870. The highest BCUT2D eigenvalue weighted by Gasteiger charge is 2.24. The number of furan rings is 1. The van der Waals surface area contributed by atoms with Crippen molar-refractivity contribution < 1.29 is 4.42 Å². The second-order valence-corrected chi connectivity index (χ2v) is 14.1. The van der Waals surface area contributed by atoms with Crippen LogP contribution < -0.4 is 4.90 Å². The Labute approximate surface area is 312 Å². The summed E-state index contributed by atoms with van der Waals surface area (Å²) >= 11 is 0. The van der Waals surface area contributed by atoms with Crippen molar-refractivity contribution in [2.24, 2.45) is 0 Å². The third-order valence-electron chi connectivity index (χ3n) is 11.0. The van der Waals surface area contributed by atoms with E-state index >= 15 is 0 Å². The van der Waals surface area contributed by atoms with E-state index < -0.39 is 0 Å². The summed E-state index contributed by atoms with van der Waals surface area (Å²) in [6.07, 6.45) is 0. The van der Waals surface area contributed by atoms with E-state index in [1.165, 1.54) is 54.2 Å². The molecule has 11 aromatic rings. The number of fused-ring (bicyclic) bond motifs is 9. The predicted molar refractivity (Wildman–Crippen MR) is 229 cm³/mol. The minimum absolute atomic E-state index is 0.870. The van der Waals surface area contributed by atoms with Gasteiger partial charge in [-0.25, -0.2) is 0 Å². The van der Waals surface area contributed by atoms with Gasteiger partial charge in [-0.3, -0.25) is 0 Å². The molecule has 0 aliphatic heterocycles. The highest BCUT2D eigenvalue weighted by molar-refractivity contribution is 6.20. The molecule has 2 heteroatoms. The molecule has 0 aliphatic carbocycles. The van der Waals surface area contributed by atoms with Gasteiger partial charge in [0.05, 0.1) is 16.8 Å². The third-order valence-corrected chi connectivity index (χ3v) is 11.0. The molecule has 1 heterocycles. The Morgan fingerprint density at radius 2 is 0.907 bits per heavy atom. The molecular weight excluding hydrogens is 655 g/mol. The van der Waals surface area contributed by atoms with E-state index in [1.807, 2.05) is 0 Å². The third kappa shape index (κ3) is 4.81. The van der Waals surface area contributed by atoms with Crippen LogP contribution >= 0.6 is 0 Å². The highest BCUT2D eigenvalue weighted by Crippen LogP contribution is 2.49. The monoisotopic (exact) mass is 687 g/mol. The number of hydrogen-bond acceptors (Lipinski definition) is 2. The van der Waals surface area contributed by atoms with Gasteiger partial charge in [0, 0.05) is 22.0 Å². The van der Waals surface area contributed by atoms with Crippen LogP contribution in [0, 0.1) is 0 Å². The summed E-state index contributed by atoms with van der Waals surface area (Å²) in [7, 11) is 0. The van der Waals surface area contributed by atoms with Gasteiger partial charge in [0.15, 0.2) is 0 Å². The van der Waals surface area contributed by atoms with Crippen molar-refractivity contribution in [1.82, 2.24) is 0 Å². The van der Waals surface area contributed by atoms with Crippen LogP contribution in [-0.2, 0) is 0 Å². The van der Waals surface area contributed by atoms with Gasteiger partial charge in [-0.2, -0.15) is 0 Å². The molecule has 0 fully saturated rings. The van der Waals surface area contributed by atoms with E-state index in [-0.39, 0.29) is 0 Å². The Balaban J connectivity index is 1.22. The zero-order chi connectivity index (χ0) is 35.6. The number of rotatable bonds is 5. The molecule has 0 aliphatic rings. The van der Waals surface area contributed by atoms with Gasteiger partial charge in [-0.15, -0.1) is 0 Å². The molecule has 0 N–H and O–H groups in total. The number of anilines is 3. The largest absolute Gasteiger partial charge is 0.455 e. The molecule has 1 aromatic heterocycles. The average Bonchev–Trinajstić information content (AvgIpc) is 3.64. The zero-order valence-electron chi connectivity index (χ0n) is 29.4. The SMILES string of the molecule is c1ccc(-c2ccc(-c3ccc(N(c4ccc5ccc6ccccc6c5c4)c4cc5ccccc5c5ccccc45)c4c3oc3ccccc34)cc2)cc1. The quantitative estimate of drug-likeness (QED) is 0.168. The Morgan fingerprint density at radius 1 is 0.333 bits per heavy atom. The van der Waals surface area contributed by atoms with Crippen molar-refractivity contribution >= 4 is 82.1 Å². The lowest BCUT2D eigenvalue weighted by Crippen LogP contribution is -2.11. The van der Waals surface area contributed by atoms with E-state index in [4.69, 9.17) is 4.42 Å².